The molecule has 0 aliphatic heterocycles. The second-order valence-corrected chi connectivity index (χ2v) is 4.97. The Morgan fingerprint density at radius 1 is 1.72 bits per heavy atom. The first-order valence-corrected chi connectivity index (χ1v) is 5.89. The summed E-state index contributed by atoms with van der Waals surface area (Å²) in [6.07, 6.45) is 3.49. The number of rotatable bonds is 6. The van der Waals surface area contributed by atoms with Crippen molar-refractivity contribution in [3.05, 3.63) is 30.4 Å². The second kappa shape index (κ2) is 5.82. The van der Waals surface area contributed by atoms with Gasteiger partial charge in [0, 0.05) is 5.92 Å². The van der Waals surface area contributed by atoms with E-state index in [1.807, 2.05) is 6.92 Å². The van der Waals surface area contributed by atoms with E-state index in [4.69, 9.17) is 4.74 Å². The molecule has 0 fully saturated rings. The van der Waals surface area contributed by atoms with Crippen molar-refractivity contribution in [2.24, 2.45) is 0 Å². The second-order valence-electron chi connectivity index (χ2n) is 4.97. The topological polar surface area (TPSA) is 75.2 Å². The lowest BCUT2D eigenvalue weighted by molar-refractivity contribution is 0.0529. The molecule has 100 valence electrons. The molecule has 0 spiro atoms. The van der Waals surface area contributed by atoms with Crippen molar-refractivity contribution in [3.8, 4) is 0 Å². The van der Waals surface area contributed by atoms with Crippen LogP contribution in [0.3, 0.4) is 0 Å². The van der Waals surface area contributed by atoms with E-state index in [9.17, 15) is 9.90 Å². The van der Waals surface area contributed by atoms with Crippen molar-refractivity contribution in [2.45, 2.75) is 38.7 Å². The summed E-state index contributed by atoms with van der Waals surface area (Å²) in [5.74, 6) is -0.493. The molecule has 18 heavy (non-hydrogen) atoms. The van der Waals surface area contributed by atoms with Crippen molar-refractivity contribution in [2.75, 3.05) is 6.61 Å². The predicted octanol–water partition coefficient (Wildman–Crippen LogP) is 2.02. The molecule has 1 heterocycles. The van der Waals surface area contributed by atoms with Gasteiger partial charge in [-0.2, -0.15) is 0 Å². The minimum atomic E-state index is -0.799. The Bertz CT molecular complexity index is 418. The zero-order valence-corrected chi connectivity index (χ0v) is 11.1. The Kier molecular flexibility index (Phi) is 4.67. The lowest BCUT2D eigenvalue weighted by Crippen LogP contribution is -2.22. The summed E-state index contributed by atoms with van der Waals surface area (Å²) in [6, 6.07) is 0. The number of hydrogen-bond donors (Lipinski definition) is 2. The van der Waals surface area contributed by atoms with Crippen LogP contribution < -0.4 is 0 Å². The highest BCUT2D eigenvalue weighted by Gasteiger charge is 2.24. The number of nitrogens with zero attached hydrogens (tertiary/aromatic N) is 1. The first-order chi connectivity index (χ1) is 8.35. The maximum atomic E-state index is 11.7. The van der Waals surface area contributed by atoms with E-state index in [1.54, 1.807) is 13.8 Å². The molecule has 0 aliphatic carbocycles. The average molecular weight is 252 g/mol. The number of ether oxygens (including phenoxy) is 1. The molecule has 0 aliphatic rings. The number of hydrogen-bond acceptors (Lipinski definition) is 4. The first-order valence-electron chi connectivity index (χ1n) is 5.89. The van der Waals surface area contributed by atoms with Crippen LogP contribution in [0.5, 0.6) is 0 Å². The van der Waals surface area contributed by atoms with Gasteiger partial charge in [0.2, 0.25) is 0 Å². The van der Waals surface area contributed by atoms with Gasteiger partial charge < -0.3 is 14.8 Å². The van der Waals surface area contributed by atoms with Crippen LogP contribution in [0.25, 0.3) is 0 Å². The Labute approximate surface area is 107 Å². The molecule has 1 aromatic heterocycles. The maximum absolute atomic E-state index is 11.7. The van der Waals surface area contributed by atoms with Crippen LogP contribution in [-0.4, -0.2) is 33.3 Å². The van der Waals surface area contributed by atoms with E-state index in [0.717, 1.165) is 0 Å². The molecule has 1 rings (SSSR count). The number of H-pyrrole nitrogens is 1. The quantitative estimate of drug-likeness (QED) is 0.600. The third kappa shape index (κ3) is 4.00. The first kappa shape index (κ1) is 14.4. The number of carbonyl (C=O) groups excluding carboxylic acids is 1. The zero-order valence-electron chi connectivity index (χ0n) is 11.1. The predicted molar refractivity (Wildman–Crippen MR) is 68.4 cm³/mol. The van der Waals surface area contributed by atoms with Crippen molar-refractivity contribution in [1.29, 1.82) is 0 Å². The smallest absolute Gasteiger partial charge is 0.359 e. The summed E-state index contributed by atoms with van der Waals surface area (Å²) in [6.45, 7) is 9.03. The molecule has 1 atom stereocenters. The summed E-state index contributed by atoms with van der Waals surface area (Å²) in [7, 11) is 0. The third-order valence-electron chi connectivity index (χ3n) is 2.49. The lowest BCUT2D eigenvalue weighted by Gasteiger charge is -2.21. The van der Waals surface area contributed by atoms with Gasteiger partial charge in [0.25, 0.3) is 0 Å². The maximum Gasteiger partial charge on any atom is 0.359 e. The summed E-state index contributed by atoms with van der Waals surface area (Å²) in [5, 5.41) is 9.79. The van der Waals surface area contributed by atoms with Gasteiger partial charge in [-0.3, -0.25) is 0 Å². The van der Waals surface area contributed by atoms with E-state index in [-0.39, 0.29) is 18.2 Å². The van der Waals surface area contributed by atoms with Crippen molar-refractivity contribution >= 4 is 5.97 Å². The van der Waals surface area contributed by atoms with Gasteiger partial charge >= 0.3 is 5.97 Å². The Hall–Kier alpha value is -1.62. The molecule has 0 saturated carbocycles. The highest BCUT2D eigenvalue weighted by atomic mass is 16.5. The van der Waals surface area contributed by atoms with Crippen LogP contribution >= 0.6 is 0 Å². The average Bonchev–Trinajstić information content (AvgIpc) is 2.72. The SMILES string of the molecule is C=CCOC(=O)c1nc[nH]c1C(C)CC(C)(C)O. The van der Waals surface area contributed by atoms with E-state index in [2.05, 4.69) is 16.5 Å². The van der Waals surface area contributed by atoms with Crippen molar-refractivity contribution in [1.82, 2.24) is 9.97 Å². The lowest BCUT2D eigenvalue weighted by atomic mass is 9.92. The molecule has 1 aromatic rings. The summed E-state index contributed by atoms with van der Waals surface area (Å²) in [5.41, 5.74) is 0.159. The minimum absolute atomic E-state index is 0.0150. The van der Waals surface area contributed by atoms with E-state index >= 15 is 0 Å². The fourth-order valence-electron chi connectivity index (χ4n) is 1.90. The van der Waals surface area contributed by atoms with Crippen molar-refractivity contribution in [3.63, 3.8) is 0 Å². The van der Waals surface area contributed by atoms with E-state index in [1.165, 1.54) is 12.4 Å². The van der Waals surface area contributed by atoms with Crippen LogP contribution in [-0.2, 0) is 4.74 Å². The summed E-state index contributed by atoms with van der Waals surface area (Å²) < 4.78 is 4.95. The number of aromatic amines is 1. The van der Waals surface area contributed by atoms with Crippen LogP contribution in [0.1, 0.15) is 49.3 Å². The number of imidazole rings is 1. The monoisotopic (exact) mass is 252 g/mol. The van der Waals surface area contributed by atoms with Crippen molar-refractivity contribution < 1.29 is 14.6 Å². The van der Waals surface area contributed by atoms with Gasteiger partial charge in [-0.1, -0.05) is 19.6 Å². The van der Waals surface area contributed by atoms with Gasteiger partial charge in [-0.15, -0.1) is 0 Å². The van der Waals surface area contributed by atoms with Gasteiger partial charge in [-0.25, -0.2) is 9.78 Å². The Morgan fingerprint density at radius 2 is 2.39 bits per heavy atom. The van der Waals surface area contributed by atoms with Crippen LogP contribution in [0, 0.1) is 0 Å². The molecular formula is C13H20N2O3. The van der Waals surface area contributed by atoms with Gasteiger partial charge in [0.15, 0.2) is 5.69 Å². The zero-order chi connectivity index (χ0) is 13.8. The Balaban J connectivity index is 2.81. The standard InChI is InChI=1S/C13H20N2O3/c1-5-6-18-12(16)11-10(14-8-15-11)9(2)7-13(3,4)17/h5,8-9,17H,1,6-7H2,2-4H3,(H,14,15). The molecule has 1 unspecified atom stereocenters. The molecule has 5 heteroatoms. The Morgan fingerprint density at radius 3 is 2.94 bits per heavy atom. The van der Waals surface area contributed by atoms with E-state index < -0.39 is 11.6 Å². The number of aliphatic hydroxyl groups is 1. The third-order valence-corrected chi connectivity index (χ3v) is 2.49. The van der Waals surface area contributed by atoms with Crippen LogP contribution in [0.15, 0.2) is 19.0 Å². The van der Waals surface area contributed by atoms with Gasteiger partial charge in [0.05, 0.1) is 17.6 Å². The van der Waals surface area contributed by atoms with E-state index in [0.29, 0.717) is 12.1 Å². The molecule has 5 nitrogen and oxygen atoms in total. The molecule has 0 bridgehead atoms. The highest BCUT2D eigenvalue weighted by Crippen LogP contribution is 2.26. The summed E-state index contributed by atoms with van der Waals surface area (Å²) in [4.78, 5) is 18.7. The van der Waals surface area contributed by atoms with Gasteiger partial charge in [-0.05, 0) is 20.3 Å². The normalized spacial score (nSPS) is 13.1. The number of carbonyl (C=O) groups is 1. The summed E-state index contributed by atoms with van der Waals surface area (Å²) >= 11 is 0. The minimum Gasteiger partial charge on any atom is -0.457 e. The molecule has 0 saturated heterocycles. The molecule has 0 aromatic carbocycles. The van der Waals surface area contributed by atoms with Gasteiger partial charge in [0.1, 0.15) is 6.61 Å². The number of esters is 1. The van der Waals surface area contributed by atoms with Crippen LogP contribution in [0.4, 0.5) is 0 Å². The fraction of sp³-hybridized carbons (Fsp3) is 0.538. The molecule has 2 N–H and O–H groups in total. The highest BCUT2D eigenvalue weighted by molar-refractivity contribution is 5.88. The molecule has 0 amide bonds. The van der Waals surface area contributed by atoms with Crippen LogP contribution in [0.2, 0.25) is 0 Å². The molecule has 0 radical (unpaired) electrons. The number of nitrogens with one attached hydrogen (secondary N) is 1. The fourth-order valence-corrected chi connectivity index (χ4v) is 1.90. The largest absolute Gasteiger partial charge is 0.457 e. The molecular weight excluding hydrogens is 232 g/mol. The number of aromatic nitrogens is 2.